The minimum atomic E-state index is -5.01. The van der Waals surface area contributed by atoms with Gasteiger partial charge in [-0.3, -0.25) is 4.55 Å². The van der Waals surface area contributed by atoms with Gasteiger partial charge in [0.1, 0.15) is 10.1 Å². The standard InChI is InChI=1S/C18H15N3O10S2/c1-31-13-5-8(18(23)24)2-3-12(13)20-21-16-14(33(28,29)30)6-9-4-10(32(25,26)27)7-11(19)15(9)17(16)22/h2-7,22H,19H2,1H3,(H,23,24)(H,25,26,27)(H,28,29,30). The lowest BCUT2D eigenvalue weighted by molar-refractivity contribution is -0.437. The minimum absolute atomic E-state index is 0.00375. The number of ether oxygens (including phenoxy) is 1. The quantitative estimate of drug-likeness (QED) is 0.136. The van der Waals surface area contributed by atoms with Crippen LogP contribution in [0.25, 0.3) is 10.8 Å². The Morgan fingerprint density at radius 3 is 2.36 bits per heavy atom. The number of azo groups is 1. The highest BCUT2D eigenvalue weighted by Crippen LogP contribution is 2.40. The molecule has 0 spiro atoms. The van der Waals surface area contributed by atoms with Gasteiger partial charge < -0.3 is 25.2 Å². The average molecular weight is 497 g/mol. The normalized spacial score (nSPS) is 12.3. The van der Waals surface area contributed by atoms with Crippen molar-refractivity contribution in [1.82, 2.24) is 0 Å². The van der Waals surface area contributed by atoms with Gasteiger partial charge in [-0.2, -0.15) is 8.42 Å². The number of aromatic hydroxyl groups is 1. The molecule has 3 rings (SSSR count). The number of carboxylic acids is 1. The van der Waals surface area contributed by atoms with E-state index in [1.54, 1.807) is 0 Å². The number of nitrogens with two attached hydrogens (primary N) is 1. The second kappa shape index (κ2) is 8.28. The van der Waals surface area contributed by atoms with Crippen LogP contribution in [0.5, 0.6) is 11.5 Å². The van der Waals surface area contributed by atoms with Crippen molar-refractivity contribution in [2.75, 3.05) is 12.8 Å². The van der Waals surface area contributed by atoms with Gasteiger partial charge in [0, 0.05) is 10.8 Å². The molecule has 0 amide bonds. The molecular formula is C18H15N3O10S2. The average Bonchev–Trinajstić information content (AvgIpc) is 2.70. The van der Waals surface area contributed by atoms with Crippen molar-refractivity contribution < 1.29 is 50.8 Å². The molecule has 0 saturated carbocycles. The maximum Gasteiger partial charge on any atom is 0.335 e. The largest absolute Gasteiger partial charge is 0.744 e. The van der Waals surface area contributed by atoms with Gasteiger partial charge in [-0.1, -0.05) is 5.11 Å². The van der Waals surface area contributed by atoms with Crippen LogP contribution in [0.1, 0.15) is 10.4 Å². The van der Waals surface area contributed by atoms with E-state index in [2.05, 4.69) is 10.2 Å². The fourth-order valence-corrected chi connectivity index (χ4v) is 4.20. The molecule has 3 aromatic rings. The fourth-order valence-electron chi connectivity index (χ4n) is 2.98. The zero-order valence-corrected chi connectivity index (χ0v) is 18.1. The predicted molar refractivity (Wildman–Crippen MR) is 110 cm³/mol. The monoisotopic (exact) mass is 497 g/mol. The van der Waals surface area contributed by atoms with Crippen LogP contribution < -0.4 is 15.6 Å². The summed E-state index contributed by atoms with van der Waals surface area (Å²) in [5.41, 5.74) is 4.67. The first-order chi connectivity index (χ1) is 15.2. The van der Waals surface area contributed by atoms with Crippen LogP contribution in [0.3, 0.4) is 0 Å². The van der Waals surface area contributed by atoms with Crippen LogP contribution in [0.2, 0.25) is 0 Å². The molecular weight excluding hydrogens is 482 g/mol. The van der Waals surface area contributed by atoms with E-state index in [4.69, 9.17) is 15.6 Å². The Balaban J connectivity index is 2.30. The summed E-state index contributed by atoms with van der Waals surface area (Å²) in [7, 11) is -8.74. The molecule has 3 aromatic carbocycles. The maximum absolute atomic E-state index is 11.9. The highest BCUT2D eigenvalue weighted by Gasteiger charge is 2.28. The first-order valence-corrected chi connectivity index (χ1v) is 11.5. The van der Waals surface area contributed by atoms with Gasteiger partial charge in [-0.15, -0.1) is 0 Å². The number of carboxylic acid groups (broad SMARTS) is 1. The van der Waals surface area contributed by atoms with Crippen molar-refractivity contribution in [2.45, 2.75) is 9.79 Å². The number of fused-ring (bicyclic) bond motifs is 1. The third-order valence-corrected chi connectivity index (χ3v) is 6.15. The van der Waals surface area contributed by atoms with Crippen molar-refractivity contribution in [3.63, 3.8) is 0 Å². The molecule has 0 aliphatic rings. The van der Waals surface area contributed by atoms with Crippen LogP contribution in [0.4, 0.5) is 17.1 Å². The molecule has 0 atom stereocenters. The molecule has 0 fully saturated rings. The topological polar surface area (TPSA) is 231 Å². The Kier molecular flexibility index (Phi) is 5.99. The zero-order valence-electron chi connectivity index (χ0n) is 16.5. The zero-order chi connectivity index (χ0) is 24.7. The SMILES string of the molecule is COc1cc(C(=O)O)ccc1N=[NH+]c1c(S(=O)(=O)O)cc2cc(S(=O)(=O)[O-])cc(N)c2c1O. The number of nitrogens with one attached hydrogen (secondary N) is 1. The number of hydrogen-bond acceptors (Lipinski definition) is 10. The summed E-state index contributed by atoms with van der Waals surface area (Å²) < 4.78 is 72.5. The van der Waals surface area contributed by atoms with Crippen LogP contribution in [0.15, 0.2) is 51.3 Å². The van der Waals surface area contributed by atoms with Crippen molar-refractivity contribution in [2.24, 2.45) is 5.11 Å². The molecule has 0 radical (unpaired) electrons. The van der Waals surface area contributed by atoms with Gasteiger partial charge in [0.2, 0.25) is 5.75 Å². The van der Waals surface area contributed by atoms with E-state index in [0.29, 0.717) is 0 Å². The number of rotatable bonds is 6. The molecule has 174 valence electrons. The summed E-state index contributed by atoms with van der Waals surface area (Å²) >= 11 is 0. The smallest absolute Gasteiger partial charge is 0.335 e. The van der Waals surface area contributed by atoms with Gasteiger partial charge in [0.25, 0.3) is 5.69 Å². The molecule has 15 heteroatoms. The number of phenols is 1. The predicted octanol–water partition coefficient (Wildman–Crippen LogP) is 0.481. The lowest BCUT2D eigenvalue weighted by Gasteiger charge is -2.12. The number of methoxy groups -OCH3 is 1. The number of nitrogen functional groups attached to an aromatic ring is 1. The second-order valence-corrected chi connectivity index (χ2v) is 9.32. The van der Waals surface area contributed by atoms with Gasteiger partial charge >= 0.3 is 16.1 Å². The number of phenolic OH excluding ortho intramolecular Hbond substituents is 1. The summed E-state index contributed by atoms with van der Waals surface area (Å²) in [5.74, 6) is -2.07. The third-order valence-electron chi connectivity index (χ3n) is 4.46. The Morgan fingerprint density at radius 1 is 1.15 bits per heavy atom. The Hall–Kier alpha value is -3.79. The first-order valence-electron chi connectivity index (χ1n) is 8.64. The van der Waals surface area contributed by atoms with Crippen LogP contribution >= 0.6 is 0 Å². The lowest BCUT2D eigenvalue weighted by Crippen LogP contribution is -2.58. The summed E-state index contributed by atoms with van der Waals surface area (Å²) in [6.45, 7) is 0. The van der Waals surface area contributed by atoms with Crippen LogP contribution in [-0.2, 0) is 20.2 Å². The molecule has 33 heavy (non-hydrogen) atoms. The highest BCUT2D eigenvalue weighted by atomic mass is 32.2. The summed E-state index contributed by atoms with van der Waals surface area (Å²) in [6, 6.07) is 5.94. The lowest BCUT2D eigenvalue weighted by atomic mass is 10.1. The van der Waals surface area contributed by atoms with Crippen molar-refractivity contribution >= 4 is 54.0 Å². The summed E-state index contributed by atoms with van der Waals surface area (Å²) in [4.78, 5) is 9.42. The van der Waals surface area contributed by atoms with Gasteiger partial charge in [0.05, 0.1) is 23.0 Å². The Labute approximate surface area is 186 Å². The van der Waals surface area contributed by atoms with E-state index in [1.165, 1.54) is 19.2 Å². The van der Waals surface area contributed by atoms with Gasteiger partial charge in [0.15, 0.2) is 16.3 Å². The molecule has 0 aromatic heterocycles. The Morgan fingerprint density at radius 2 is 1.82 bits per heavy atom. The van der Waals surface area contributed by atoms with Gasteiger partial charge in [-0.05, 0) is 41.8 Å². The number of aromatic carboxylic acids is 1. The van der Waals surface area contributed by atoms with Crippen molar-refractivity contribution in [1.29, 1.82) is 0 Å². The van der Waals surface area contributed by atoms with E-state index in [-0.39, 0.29) is 33.5 Å². The number of benzene rings is 3. The van der Waals surface area contributed by atoms with Crippen LogP contribution in [-0.4, -0.2) is 49.2 Å². The van der Waals surface area contributed by atoms with Crippen molar-refractivity contribution in [3.8, 4) is 11.5 Å². The summed E-state index contributed by atoms with van der Waals surface area (Å²) in [6.07, 6.45) is 0. The van der Waals surface area contributed by atoms with E-state index >= 15 is 0 Å². The summed E-state index contributed by atoms with van der Waals surface area (Å²) in [5, 5.41) is 25.4. The fraction of sp³-hybridized carbons (Fsp3) is 0.0556. The first kappa shape index (κ1) is 23.9. The number of nitrogens with zero attached hydrogens (tertiary/aromatic N) is 1. The molecule has 0 unspecified atom stereocenters. The second-order valence-electron chi connectivity index (χ2n) is 6.55. The number of carbonyl (C=O) groups is 1. The molecule has 6 N–H and O–H groups in total. The molecule has 0 saturated heterocycles. The molecule has 0 heterocycles. The Bertz CT molecular complexity index is 1550. The van der Waals surface area contributed by atoms with Gasteiger partial charge in [-0.25, -0.2) is 13.2 Å². The van der Waals surface area contributed by atoms with E-state index in [1.807, 2.05) is 0 Å². The maximum atomic E-state index is 11.9. The minimum Gasteiger partial charge on any atom is -0.744 e. The highest BCUT2D eigenvalue weighted by molar-refractivity contribution is 7.86. The van der Waals surface area contributed by atoms with E-state index < -0.39 is 47.4 Å². The van der Waals surface area contributed by atoms with E-state index in [9.17, 15) is 35.8 Å². The molecule has 0 aliphatic heterocycles. The van der Waals surface area contributed by atoms with Crippen molar-refractivity contribution in [3.05, 3.63) is 42.0 Å². The third kappa shape index (κ3) is 4.70. The number of anilines is 1. The molecule has 13 nitrogen and oxygen atoms in total. The molecule has 0 bridgehead atoms. The van der Waals surface area contributed by atoms with E-state index in [0.717, 1.165) is 24.3 Å². The number of hydrogen-bond donors (Lipinski definition) is 5. The van der Waals surface area contributed by atoms with Crippen LogP contribution in [0, 0.1) is 0 Å². The molecule has 0 aliphatic carbocycles.